The molecule has 0 aromatic heterocycles. The van der Waals surface area contributed by atoms with Gasteiger partial charge >= 0.3 is 0 Å². The Morgan fingerprint density at radius 3 is 2.88 bits per heavy atom. The number of methoxy groups -OCH3 is 1. The van der Waals surface area contributed by atoms with Crippen LogP contribution in [0.2, 0.25) is 0 Å². The van der Waals surface area contributed by atoms with E-state index in [4.69, 9.17) is 9.47 Å². The van der Waals surface area contributed by atoms with Crippen molar-refractivity contribution in [2.75, 3.05) is 13.7 Å². The van der Waals surface area contributed by atoms with Gasteiger partial charge in [-0.05, 0) is 58.5 Å². The molecule has 0 aliphatic heterocycles. The Morgan fingerprint density at radius 2 is 2.12 bits per heavy atom. The summed E-state index contributed by atoms with van der Waals surface area (Å²) in [4.78, 5) is 23.5. The van der Waals surface area contributed by atoms with Crippen molar-refractivity contribution in [3.63, 3.8) is 0 Å². The molecule has 0 saturated heterocycles. The number of nitrogens with one attached hydrogen (secondary N) is 1. The number of amides is 1. The minimum Gasteiger partial charge on any atom is -0.493 e. The van der Waals surface area contributed by atoms with Gasteiger partial charge in [0.2, 0.25) is 0 Å². The molecule has 0 radical (unpaired) electrons. The molecular formula is C20H20BrNO4. The molecule has 0 bridgehead atoms. The molecule has 3 rings (SSSR count). The molecule has 0 unspecified atom stereocenters. The van der Waals surface area contributed by atoms with E-state index < -0.39 is 0 Å². The van der Waals surface area contributed by atoms with E-state index >= 15 is 0 Å². The third kappa shape index (κ3) is 4.07. The van der Waals surface area contributed by atoms with Crippen molar-refractivity contribution in [1.82, 2.24) is 5.32 Å². The van der Waals surface area contributed by atoms with E-state index in [0.717, 1.165) is 25.5 Å². The molecule has 6 heteroatoms. The fraction of sp³-hybridized carbons (Fsp3) is 0.300. The monoisotopic (exact) mass is 417 g/mol. The minimum atomic E-state index is -0.204. The van der Waals surface area contributed by atoms with E-state index in [1.807, 2.05) is 12.1 Å². The Kier molecular flexibility index (Phi) is 5.93. The second-order valence-corrected chi connectivity index (χ2v) is 7.00. The highest BCUT2D eigenvalue weighted by molar-refractivity contribution is 9.10. The molecule has 0 spiro atoms. The van der Waals surface area contributed by atoms with E-state index in [1.165, 1.54) is 18.2 Å². The van der Waals surface area contributed by atoms with Crippen molar-refractivity contribution >= 4 is 28.1 Å². The van der Waals surface area contributed by atoms with Crippen LogP contribution in [-0.4, -0.2) is 25.9 Å². The lowest BCUT2D eigenvalue weighted by molar-refractivity contribution is -0.124. The first-order valence-corrected chi connectivity index (χ1v) is 9.24. The molecule has 1 N–H and O–H groups in total. The molecule has 1 aliphatic rings. The van der Waals surface area contributed by atoms with Gasteiger partial charge in [0.25, 0.3) is 5.91 Å². The summed E-state index contributed by atoms with van der Waals surface area (Å²) in [6, 6.07) is 11.4. The summed E-state index contributed by atoms with van der Waals surface area (Å²) in [6.07, 6.45) is 3.73. The molecule has 0 fully saturated rings. The number of aryl methyl sites for hydroxylation is 1. The van der Waals surface area contributed by atoms with Gasteiger partial charge in [0.15, 0.2) is 24.4 Å². The number of hydrogen-bond acceptors (Lipinski definition) is 4. The van der Waals surface area contributed by atoms with Crippen LogP contribution in [0.25, 0.3) is 0 Å². The summed E-state index contributed by atoms with van der Waals surface area (Å²) in [5.74, 6) is 0.611. The van der Waals surface area contributed by atoms with E-state index in [0.29, 0.717) is 21.5 Å². The smallest absolute Gasteiger partial charge is 0.258 e. The topological polar surface area (TPSA) is 64.6 Å². The van der Waals surface area contributed by atoms with Gasteiger partial charge in [-0.25, -0.2) is 0 Å². The van der Waals surface area contributed by atoms with Gasteiger partial charge in [0.1, 0.15) is 0 Å². The normalized spacial score (nSPS) is 15.7. The number of ether oxygens (including phenoxy) is 2. The van der Waals surface area contributed by atoms with E-state index in [-0.39, 0.29) is 18.6 Å². The molecule has 1 amide bonds. The lowest BCUT2D eigenvalue weighted by atomic mass is 9.88. The van der Waals surface area contributed by atoms with E-state index in [1.54, 1.807) is 12.1 Å². The standard InChI is InChI=1S/C20H20BrNO4/c1-25-18-10-16(21)14(11-23)9-19(18)26-12-20(24)22-17-8-4-6-13-5-2-3-7-15(13)17/h2-3,5,7,9-11,17H,4,6,8,12H2,1H3,(H,22,24)/t17-/m1/s1. The Hall–Kier alpha value is -2.34. The van der Waals surface area contributed by atoms with Crippen molar-refractivity contribution in [3.05, 3.63) is 57.6 Å². The van der Waals surface area contributed by atoms with Gasteiger partial charge in [0.05, 0.1) is 13.2 Å². The minimum absolute atomic E-state index is 0.00778. The van der Waals surface area contributed by atoms with Gasteiger partial charge in [0, 0.05) is 10.0 Å². The summed E-state index contributed by atoms with van der Waals surface area (Å²) in [6.45, 7) is -0.144. The third-order valence-corrected chi connectivity index (χ3v) is 5.16. The number of fused-ring (bicyclic) bond motifs is 1. The molecule has 0 heterocycles. The molecular weight excluding hydrogens is 398 g/mol. The lowest BCUT2D eigenvalue weighted by Gasteiger charge is -2.26. The van der Waals surface area contributed by atoms with Crippen molar-refractivity contribution in [3.8, 4) is 11.5 Å². The average Bonchev–Trinajstić information content (AvgIpc) is 2.67. The Morgan fingerprint density at radius 1 is 1.31 bits per heavy atom. The van der Waals surface area contributed by atoms with Gasteiger partial charge in [-0.2, -0.15) is 0 Å². The summed E-state index contributed by atoms with van der Waals surface area (Å²) < 4.78 is 11.5. The number of halogens is 1. The number of carbonyl (C=O) groups is 2. The van der Waals surface area contributed by atoms with Gasteiger partial charge in [-0.15, -0.1) is 0 Å². The molecule has 136 valence electrons. The predicted molar refractivity (Wildman–Crippen MR) is 102 cm³/mol. The van der Waals surface area contributed by atoms with Crippen LogP contribution in [0.15, 0.2) is 40.9 Å². The van der Waals surface area contributed by atoms with Crippen molar-refractivity contribution in [2.45, 2.75) is 25.3 Å². The van der Waals surface area contributed by atoms with Crippen LogP contribution < -0.4 is 14.8 Å². The largest absolute Gasteiger partial charge is 0.493 e. The second kappa shape index (κ2) is 8.36. The van der Waals surface area contributed by atoms with Crippen LogP contribution in [0, 0.1) is 0 Å². The van der Waals surface area contributed by atoms with Crippen molar-refractivity contribution in [2.24, 2.45) is 0 Å². The van der Waals surface area contributed by atoms with Gasteiger partial charge in [-0.3, -0.25) is 9.59 Å². The first kappa shape index (κ1) is 18.5. The number of benzene rings is 2. The first-order valence-electron chi connectivity index (χ1n) is 8.45. The summed E-state index contributed by atoms with van der Waals surface area (Å²) >= 11 is 3.30. The van der Waals surface area contributed by atoms with Crippen LogP contribution in [0.4, 0.5) is 0 Å². The van der Waals surface area contributed by atoms with E-state index in [9.17, 15) is 9.59 Å². The maximum absolute atomic E-state index is 12.4. The first-order chi connectivity index (χ1) is 12.6. The van der Waals surface area contributed by atoms with Crippen LogP contribution in [0.1, 0.15) is 40.4 Å². The van der Waals surface area contributed by atoms with Crippen LogP contribution in [-0.2, 0) is 11.2 Å². The maximum Gasteiger partial charge on any atom is 0.258 e. The number of hydrogen-bond donors (Lipinski definition) is 1. The lowest BCUT2D eigenvalue weighted by Crippen LogP contribution is -2.34. The average molecular weight is 418 g/mol. The quantitative estimate of drug-likeness (QED) is 0.725. The summed E-state index contributed by atoms with van der Waals surface area (Å²) in [7, 11) is 1.51. The fourth-order valence-electron chi connectivity index (χ4n) is 3.20. The zero-order valence-electron chi connectivity index (χ0n) is 14.5. The highest BCUT2D eigenvalue weighted by Gasteiger charge is 2.21. The summed E-state index contributed by atoms with van der Waals surface area (Å²) in [5, 5.41) is 3.04. The Labute approximate surface area is 160 Å². The van der Waals surface area contributed by atoms with Crippen molar-refractivity contribution < 1.29 is 19.1 Å². The zero-order chi connectivity index (χ0) is 18.5. The summed E-state index contributed by atoms with van der Waals surface area (Å²) in [5.41, 5.74) is 2.90. The second-order valence-electron chi connectivity index (χ2n) is 6.14. The SMILES string of the molecule is COc1cc(Br)c(C=O)cc1OCC(=O)N[C@@H]1CCCc2ccccc21. The predicted octanol–water partition coefficient (Wildman–Crippen LogP) is 3.84. The molecule has 2 aromatic carbocycles. The van der Waals surface area contributed by atoms with Gasteiger partial charge < -0.3 is 14.8 Å². The Bertz CT molecular complexity index is 821. The van der Waals surface area contributed by atoms with Gasteiger partial charge in [-0.1, -0.05) is 24.3 Å². The fourth-order valence-corrected chi connectivity index (χ4v) is 3.61. The van der Waals surface area contributed by atoms with Crippen LogP contribution in [0.3, 0.4) is 0 Å². The Balaban J connectivity index is 1.66. The highest BCUT2D eigenvalue weighted by Crippen LogP contribution is 2.33. The van der Waals surface area contributed by atoms with Crippen molar-refractivity contribution in [1.29, 1.82) is 0 Å². The highest BCUT2D eigenvalue weighted by atomic mass is 79.9. The molecule has 26 heavy (non-hydrogen) atoms. The third-order valence-electron chi connectivity index (χ3n) is 4.47. The molecule has 0 saturated carbocycles. The number of rotatable bonds is 6. The number of carbonyl (C=O) groups excluding carboxylic acids is 2. The maximum atomic E-state index is 12.4. The van der Waals surface area contributed by atoms with Crippen LogP contribution >= 0.6 is 15.9 Å². The molecule has 1 atom stereocenters. The van der Waals surface area contributed by atoms with Crippen LogP contribution in [0.5, 0.6) is 11.5 Å². The molecule has 1 aliphatic carbocycles. The molecule has 2 aromatic rings. The number of aldehydes is 1. The molecule has 5 nitrogen and oxygen atoms in total. The van der Waals surface area contributed by atoms with E-state index in [2.05, 4.69) is 33.4 Å². The zero-order valence-corrected chi connectivity index (χ0v) is 16.0.